The summed E-state index contributed by atoms with van der Waals surface area (Å²) in [6, 6.07) is 0. The molecule has 0 aliphatic rings. The second kappa shape index (κ2) is 49.3. The number of esters is 3. The van der Waals surface area contributed by atoms with Crippen LogP contribution in [0.5, 0.6) is 0 Å². The average Bonchev–Trinajstić information content (AvgIpc) is 3.25. The minimum atomic E-state index is -0.763. The molecule has 0 saturated heterocycles. The molecule has 0 bridgehead atoms. The summed E-state index contributed by atoms with van der Waals surface area (Å²) in [7, 11) is 0. The third-order valence-corrected chi connectivity index (χ3v) is 13.1. The van der Waals surface area contributed by atoms with E-state index in [1.54, 1.807) is 0 Å². The zero-order valence-electron chi connectivity index (χ0n) is 44.1. The van der Waals surface area contributed by atoms with E-state index in [2.05, 4.69) is 41.5 Å². The van der Waals surface area contributed by atoms with Gasteiger partial charge in [0.1, 0.15) is 13.2 Å². The molecule has 0 N–H and O–H groups in total. The number of hydrogen-bond acceptors (Lipinski definition) is 6. The van der Waals surface area contributed by atoms with Crippen LogP contribution >= 0.6 is 0 Å². The highest BCUT2D eigenvalue weighted by Crippen LogP contribution is 2.18. The van der Waals surface area contributed by atoms with Gasteiger partial charge >= 0.3 is 17.9 Å². The summed E-state index contributed by atoms with van der Waals surface area (Å²) >= 11 is 0. The van der Waals surface area contributed by atoms with Crippen LogP contribution < -0.4 is 0 Å². The van der Waals surface area contributed by atoms with Gasteiger partial charge < -0.3 is 14.2 Å². The Bertz CT molecular complexity index is 991. The van der Waals surface area contributed by atoms with E-state index in [1.807, 2.05) is 0 Å². The molecule has 0 aromatic carbocycles. The normalized spacial score (nSPS) is 12.1. The van der Waals surface area contributed by atoms with Gasteiger partial charge in [0.05, 0.1) is 0 Å². The van der Waals surface area contributed by atoms with Crippen molar-refractivity contribution in [2.24, 2.45) is 17.8 Å². The van der Waals surface area contributed by atoms with E-state index in [0.29, 0.717) is 19.3 Å². The first kappa shape index (κ1) is 62.4. The summed E-state index contributed by atoms with van der Waals surface area (Å²) in [6.07, 6.45) is 51.0. The summed E-state index contributed by atoms with van der Waals surface area (Å²) < 4.78 is 16.9. The fraction of sp³-hybridized carbons (Fsp3) is 0.948. The third kappa shape index (κ3) is 51.4. The lowest BCUT2D eigenvalue weighted by molar-refractivity contribution is -0.167. The van der Waals surface area contributed by atoms with E-state index in [0.717, 1.165) is 75.5 Å². The molecule has 0 unspecified atom stereocenters. The SMILES string of the molecule is CC(C)CCCCCCCCCCCCCCCCCCC(=O)OC[C@H](COC(=O)CCCCCCCCCCCCCCC(C)C)OC(=O)CCCCCCCCCCCC(C)C. The molecule has 0 fully saturated rings. The van der Waals surface area contributed by atoms with Gasteiger partial charge in [-0.05, 0) is 37.0 Å². The maximum atomic E-state index is 12.8. The van der Waals surface area contributed by atoms with Crippen molar-refractivity contribution >= 4 is 17.9 Å². The first-order valence-electron chi connectivity index (χ1n) is 28.6. The van der Waals surface area contributed by atoms with E-state index < -0.39 is 6.10 Å². The summed E-state index contributed by atoms with van der Waals surface area (Å²) in [4.78, 5) is 38.1. The Morgan fingerprint density at radius 1 is 0.266 bits per heavy atom. The highest BCUT2D eigenvalue weighted by molar-refractivity contribution is 5.71. The molecule has 0 heterocycles. The molecule has 1 atom stereocenters. The van der Waals surface area contributed by atoms with Crippen molar-refractivity contribution in [3.8, 4) is 0 Å². The van der Waals surface area contributed by atoms with Gasteiger partial charge in [0.15, 0.2) is 6.10 Å². The largest absolute Gasteiger partial charge is 0.462 e. The zero-order chi connectivity index (χ0) is 47.0. The zero-order valence-corrected chi connectivity index (χ0v) is 44.1. The smallest absolute Gasteiger partial charge is 0.306 e. The van der Waals surface area contributed by atoms with Crippen LogP contribution in [0.25, 0.3) is 0 Å². The van der Waals surface area contributed by atoms with Crippen molar-refractivity contribution < 1.29 is 28.6 Å². The number of rotatable bonds is 51. The lowest BCUT2D eigenvalue weighted by Crippen LogP contribution is -2.30. The van der Waals surface area contributed by atoms with Crippen LogP contribution in [0.4, 0.5) is 0 Å². The van der Waals surface area contributed by atoms with E-state index >= 15 is 0 Å². The average molecular weight is 906 g/mol. The summed E-state index contributed by atoms with van der Waals surface area (Å²) in [5, 5.41) is 0. The monoisotopic (exact) mass is 905 g/mol. The van der Waals surface area contributed by atoms with Crippen molar-refractivity contribution in [1.82, 2.24) is 0 Å². The van der Waals surface area contributed by atoms with Crippen LogP contribution in [0.3, 0.4) is 0 Å². The molecule has 0 aliphatic heterocycles. The molecule has 0 rings (SSSR count). The predicted octanol–water partition coefficient (Wildman–Crippen LogP) is 18.7. The Balaban J connectivity index is 4.26. The van der Waals surface area contributed by atoms with Gasteiger partial charge in [0.2, 0.25) is 0 Å². The van der Waals surface area contributed by atoms with E-state index in [9.17, 15) is 14.4 Å². The highest BCUT2D eigenvalue weighted by atomic mass is 16.6. The quantitative estimate of drug-likeness (QED) is 0.0344. The molecule has 0 aromatic heterocycles. The molecular formula is C58H112O6. The number of unbranched alkanes of at least 4 members (excludes halogenated alkanes) is 34. The van der Waals surface area contributed by atoms with Gasteiger partial charge in [-0.3, -0.25) is 14.4 Å². The van der Waals surface area contributed by atoms with Crippen LogP contribution in [-0.4, -0.2) is 37.2 Å². The van der Waals surface area contributed by atoms with Crippen molar-refractivity contribution in [3.63, 3.8) is 0 Å². The third-order valence-electron chi connectivity index (χ3n) is 13.1. The van der Waals surface area contributed by atoms with Crippen LogP contribution in [0.1, 0.15) is 318 Å². The van der Waals surface area contributed by atoms with Gasteiger partial charge in [-0.15, -0.1) is 0 Å². The maximum absolute atomic E-state index is 12.8. The highest BCUT2D eigenvalue weighted by Gasteiger charge is 2.19. The Hall–Kier alpha value is -1.59. The number of hydrogen-bond donors (Lipinski definition) is 0. The van der Waals surface area contributed by atoms with Crippen molar-refractivity contribution in [2.75, 3.05) is 13.2 Å². The minimum absolute atomic E-state index is 0.0639. The molecule has 0 radical (unpaired) electrons. The second-order valence-electron chi connectivity index (χ2n) is 21.4. The topological polar surface area (TPSA) is 78.9 Å². The van der Waals surface area contributed by atoms with E-state index in [1.165, 1.54) is 199 Å². The number of carbonyl (C=O) groups is 3. The second-order valence-corrected chi connectivity index (χ2v) is 21.4. The molecule has 0 spiro atoms. The summed E-state index contributed by atoms with van der Waals surface area (Å²) in [5.41, 5.74) is 0. The first-order chi connectivity index (χ1) is 31.1. The minimum Gasteiger partial charge on any atom is -0.462 e. The molecule has 0 aliphatic carbocycles. The van der Waals surface area contributed by atoms with Gasteiger partial charge in [-0.1, -0.05) is 279 Å². The molecule has 0 aromatic rings. The summed E-state index contributed by atoms with van der Waals surface area (Å²) in [5.74, 6) is 1.65. The van der Waals surface area contributed by atoms with Gasteiger partial charge in [0.25, 0.3) is 0 Å². The van der Waals surface area contributed by atoms with E-state index in [4.69, 9.17) is 14.2 Å². The molecule has 64 heavy (non-hydrogen) atoms. The Morgan fingerprint density at radius 3 is 0.672 bits per heavy atom. The Kier molecular flexibility index (Phi) is 48.1. The maximum Gasteiger partial charge on any atom is 0.306 e. The molecule has 6 nitrogen and oxygen atoms in total. The fourth-order valence-electron chi connectivity index (χ4n) is 8.82. The molecule has 6 heteroatoms. The number of carbonyl (C=O) groups excluding carboxylic acids is 3. The van der Waals surface area contributed by atoms with Crippen molar-refractivity contribution in [2.45, 2.75) is 324 Å². The lowest BCUT2D eigenvalue weighted by atomic mass is 10.0. The van der Waals surface area contributed by atoms with Crippen LogP contribution in [0.15, 0.2) is 0 Å². The standard InChI is InChI=1S/C58H112O6/c1-52(2)44-38-32-26-20-15-11-9-7-8-10-12-17-23-29-35-41-47-56(59)62-50-55(64-58(61)49-43-37-31-25-19-22-28-34-40-46-54(5)6)51-63-57(60)48-42-36-30-24-18-14-13-16-21-27-33-39-45-53(3)4/h52-55H,7-51H2,1-6H3/t55-/m1/s1. The lowest BCUT2D eigenvalue weighted by Gasteiger charge is -2.18. The van der Waals surface area contributed by atoms with Gasteiger partial charge in [-0.25, -0.2) is 0 Å². The molecule has 380 valence electrons. The van der Waals surface area contributed by atoms with Crippen molar-refractivity contribution in [3.05, 3.63) is 0 Å². The van der Waals surface area contributed by atoms with Crippen LogP contribution in [-0.2, 0) is 28.6 Å². The molecule has 0 amide bonds. The van der Waals surface area contributed by atoms with Crippen LogP contribution in [0.2, 0.25) is 0 Å². The van der Waals surface area contributed by atoms with Gasteiger partial charge in [0, 0.05) is 19.3 Å². The van der Waals surface area contributed by atoms with Crippen molar-refractivity contribution in [1.29, 1.82) is 0 Å². The predicted molar refractivity (Wildman–Crippen MR) is 275 cm³/mol. The first-order valence-corrected chi connectivity index (χ1v) is 28.6. The number of ether oxygens (including phenoxy) is 3. The van der Waals surface area contributed by atoms with E-state index in [-0.39, 0.29) is 31.1 Å². The summed E-state index contributed by atoms with van der Waals surface area (Å²) in [6.45, 7) is 13.7. The Labute approximate surface area is 399 Å². The fourth-order valence-corrected chi connectivity index (χ4v) is 8.82. The molecule has 0 saturated carbocycles. The van der Waals surface area contributed by atoms with Crippen LogP contribution in [0, 0.1) is 17.8 Å². The van der Waals surface area contributed by atoms with Gasteiger partial charge in [-0.2, -0.15) is 0 Å². The molecular weight excluding hydrogens is 793 g/mol. The Morgan fingerprint density at radius 2 is 0.453 bits per heavy atom.